The molecule has 0 aliphatic rings. The fourth-order valence-corrected chi connectivity index (χ4v) is 5.38. The smallest absolute Gasteiger partial charge is 0.243 e. The van der Waals surface area contributed by atoms with Crippen molar-refractivity contribution in [3.63, 3.8) is 0 Å². The lowest BCUT2D eigenvalue weighted by atomic mass is 10.0. The number of hydrogen-bond donors (Lipinski definition) is 1. The molecule has 0 saturated heterocycles. The first-order valence-electron chi connectivity index (χ1n) is 13.5. The summed E-state index contributed by atoms with van der Waals surface area (Å²) in [5.74, 6) is -1.19. The number of hydrogen-bond acceptors (Lipinski definition) is 4. The van der Waals surface area contributed by atoms with Crippen molar-refractivity contribution >= 4 is 27.5 Å². The lowest BCUT2D eigenvalue weighted by molar-refractivity contribution is -0.141. The zero-order chi connectivity index (χ0) is 29.1. The maximum atomic E-state index is 14.4. The maximum Gasteiger partial charge on any atom is 0.243 e. The van der Waals surface area contributed by atoms with E-state index in [1.807, 2.05) is 74.5 Å². The zero-order valence-electron chi connectivity index (χ0n) is 23.3. The van der Waals surface area contributed by atoms with Crippen LogP contribution in [0.1, 0.15) is 44.2 Å². The van der Waals surface area contributed by atoms with E-state index in [1.54, 1.807) is 11.0 Å². The molecule has 0 saturated carbocycles. The van der Waals surface area contributed by atoms with Crippen LogP contribution in [0.5, 0.6) is 0 Å². The average molecular weight is 568 g/mol. The average Bonchev–Trinajstić information content (AvgIpc) is 2.93. The summed E-state index contributed by atoms with van der Waals surface area (Å²) >= 11 is 0. The lowest BCUT2D eigenvalue weighted by Crippen LogP contribution is -2.52. The first-order valence-corrected chi connectivity index (χ1v) is 15.3. The van der Waals surface area contributed by atoms with E-state index >= 15 is 0 Å². The molecule has 0 aliphatic heterocycles. The summed E-state index contributed by atoms with van der Waals surface area (Å²) in [7, 11) is -3.79. The Bertz CT molecular complexity index is 1350. The Morgan fingerprint density at radius 1 is 0.900 bits per heavy atom. The SMILES string of the molecule is CC[C@H](C)NC(=O)[C@H](Cc1ccccc1)N(Cc1ccccc1)C(=O)CCCN(c1ccccc1F)S(C)(=O)=O. The Morgan fingerprint density at radius 2 is 1.48 bits per heavy atom. The van der Waals surface area contributed by atoms with Gasteiger partial charge in [0.2, 0.25) is 21.8 Å². The van der Waals surface area contributed by atoms with Crippen molar-refractivity contribution in [2.24, 2.45) is 0 Å². The molecular weight excluding hydrogens is 529 g/mol. The van der Waals surface area contributed by atoms with Gasteiger partial charge in [0.25, 0.3) is 0 Å². The highest BCUT2D eigenvalue weighted by Crippen LogP contribution is 2.23. The van der Waals surface area contributed by atoms with Crippen molar-refractivity contribution in [3.05, 3.63) is 102 Å². The van der Waals surface area contributed by atoms with Gasteiger partial charge in [-0.05, 0) is 43.0 Å². The second-order valence-electron chi connectivity index (χ2n) is 9.92. The molecule has 9 heteroatoms. The van der Waals surface area contributed by atoms with Gasteiger partial charge in [-0.15, -0.1) is 0 Å². The summed E-state index contributed by atoms with van der Waals surface area (Å²) in [6.45, 7) is 4.04. The second-order valence-corrected chi connectivity index (χ2v) is 11.8. The monoisotopic (exact) mass is 567 g/mol. The van der Waals surface area contributed by atoms with Crippen LogP contribution in [0.15, 0.2) is 84.9 Å². The first kappa shape index (κ1) is 30.8. The van der Waals surface area contributed by atoms with E-state index in [0.29, 0.717) is 6.42 Å². The zero-order valence-corrected chi connectivity index (χ0v) is 24.1. The predicted molar refractivity (Wildman–Crippen MR) is 157 cm³/mol. The topological polar surface area (TPSA) is 86.8 Å². The Labute approximate surface area is 237 Å². The van der Waals surface area contributed by atoms with E-state index in [1.165, 1.54) is 18.2 Å². The van der Waals surface area contributed by atoms with Gasteiger partial charge in [0, 0.05) is 32.0 Å². The van der Waals surface area contributed by atoms with Crippen LogP contribution in [0.3, 0.4) is 0 Å². The minimum atomic E-state index is -3.79. The number of nitrogens with one attached hydrogen (secondary N) is 1. The van der Waals surface area contributed by atoms with E-state index < -0.39 is 21.9 Å². The molecule has 3 rings (SSSR count). The number of nitrogens with zero attached hydrogens (tertiary/aromatic N) is 2. The first-order chi connectivity index (χ1) is 19.1. The van der Waals surface area contributed by atoms with Crippen LogP contribution in [0.4, 0.5) is 10.1 Å². The molecule has 40 heavy (non-hydrogen) atoms. The molecular formula is C31H38FN3O4S. The van der Waals surface area contributed by atoms with E-state index in [9.17, 15) is 22.4 Å². The molecule has 7 nitrogen and oxygen atoms in total. The second kappa shape index (κ2) is 14.6. The molecule has 0 spiro atoms. The lowest BCUT2D eigenvalue weighted by Gasteiger charge is -2.32. The molecule has 0 radical (unpaired) electrons. The fourth-order valence-electron chi connectivity index (χ4n) is 4.41. The van der Waals surface area contributed by atoms with Gasteiger partial charge in [0.1, 0.15) is 11.9 Å². The Hall–Kier alpha value is -3.72. The van der Waals surface area contributed by atoms with Crippen LogP contribution in [-0.2, 0) is 32.6 Å². The number of amides is 2. The van der Waals surface area contributed by atoms with Gasteiger partial charge >= 0.3 is 0 Å². The summed E-state index contributed by atoms with van der Waals surface area (Å²) in [4.78, 5) is 28.9. The van der Waals surface area contributed by atoms with E-state index in [2.05, 4.69) is 5.32 Å². The minimum Gasteiger partial charge on any atom is -0.352 e. The molecule has 3 aromatic carbocycles. The van der Waals surface area contributed by atoms with Gasteiger partial charge in [-0.25, -0.2) is 12.8 Å². The molecule has 0 fully saturated rings. The molecule has 1 N–H and O–H groups in total. The number of benzene rings is 3. The third-order valence-electron chi connectivity index (χ3n) is 6.74. The number of halogens is 1. The Kier molecular flexibility index (Phi) is 11.3. The number of anilines is 1. The van der Waals surface area contributed by atoms with Crippen molar-refractivity contribution in [3.8, 4) is 0 Å². The number of carbonyl (C=O) groups excluding carboxylic acids is 2. The van der Waals surface area contributed by atoms with E-state index in [-0.39, 0.29) is 49.5 Å². The van der Waals surface area contributed by atoms with Crippen molar-refractivity contribution in [2.45, 2.75) is 58.2 Å². The number of sulfonamides is 1. The molecule has 0 bridgehead atoms. The molecule has 2 atom stereocenters. The van der Waals surface area contributed by atoms with Gasteiger partial charge in [-0.1, -0.05) is 79.7 Å². The van der Waals surface area contributed by atoms with Gasteiger partial charge in [0.15, 0.2) is 0 Å². The fraction of sp³-hybridized carbons (Fsp3) is 0.355. The van der Waals surface area contributed by atoms with Crippen molar-refractivity contribution in [1.29, 1.82) is 0 Å². The van der Waals surface area contributed by atoms with Gasteiger partial charge in [-0.2, -0.15) is 0 Å². The summed E-state index contributed by atoms with van der Waals surface area (Å²) in [5.41, 5.74) is 1.73. The van der Waals surface area contributed by atoms with Crippen LogP contribution >= 0.6 is 0 Å². The van der Waals surface area contributed by atoms with Crippen LogP contribution in [0, 0.1) is 5.82 Å². The van der Waals surface area contributed by atoms with Crippen LogP contribution < -0.4 is 9.62 Å². The van der Waals surface area contributed by atoms with E-state index in [0.717, 1.165) is 28.1 Å². The quantitative estimate of drug-likeness (QED) is 0.299. The summed E-state index contributed by atoms with van der Waals surface area (Å²) in [6, 6.07) is 23.8. The van der Waals surface area contributed by atoms with Gasteiger partial charge in [0.05, 0.1) is 11.9 Å². The number of para-hydroxylation sites is 1. The molecule has 0 aromatic heterocycles. The largest absolute Gasteiger partial charge is 0.352 e. The molecule has 3 aromatic rings. The van der Waals surface area contributed by atoms with Crippen molar-refractivity contribution in [2.75, 3.05) is 17.1 Å². The third-order valence-corrected chi connectivity index (χ3v) is 7.92. The highest BCUT2D eigenvalue weighted by Gasteiger charge is 2.31. The standard InChI is InChI=1S/C31H38FN3O4S/c1-4-24(2)33-31(37)29(22-25-14-7-5-8-15-25)34(23-26-16-9-6-10-17-26)30(36)20-13-21-35(40(3,38)39)28-19-12-11-18-27(28)32/h5-12,14-19,24,29H,4,13,20-23H2,1-3H3,(H,33,37)/t24-,29-/m0/s1. The molecule has 214 valence electrons. The highest BCUT2D eigenvalue weighted by atomic mass is 32.2. The van der Waals surface area contributed by atoms with Crippen LogP contribution in [-0.4, -0.2) is 50.0 Å². The summed E-state index contributed by atoms with van der Waals surface area (Å²) in [5, 5.41) is 3.03. The van der Waals surface area contributed by atoms with Crippen molar-refractivity contribution < 1.29 is 22.4 Å². The third kappa shape index (κ3) is 8.91. The number of carbonyl (C=O) groups is 2. The molecule has 0 aliphatic carbocycles. The molecule has 0 heterocycles. The van der Waals surface area contributed by atoms with Crippen LogP contribution in [0.25, 0.3) is 0 Å². The Morgan fingerprint density at radius 3 is 2.05 bits per heavy atom. The Balaban J connectivity index is 1.87. The van der Waals surface area contributed by atoms with Crippen molar-refractivity contribution in [1.82, 2.24) is 10.2 Å². The van der Waals surface area contributed by atoms with E-state index in [4.69, 9.17) is 0 Å². The van der Waals surface area contributed by atoms with Gasteiger partial charge < -0.3 is 10.2 Å². The summed E-state index contributed by atoms with van der Waals surface area (Å²) < 4.78 is 40.4. The summed E-state index contributed by atoms with van der Waals surface area (Å²) in [6.07, 6.45) is 2.21. The maximum absolute atomic E-state index is 14.4. The van der Waals surface area contributed by atoms with Crippen LogP contribution in [0.2, 0.25) is 0 Å². The normalized spacial score (nSPS) is 12.8. The molecule has 2 amide bonds. The number of rotatable bonds is 14. The highest BCUT2D eigenvalue weighted by molar-refractivity contribution is 7.92. The minimum absolute atomic E-state index is 0.0186. The molecule has 0 unspecified atom stereocenters. The predicted octanol–water partition coefficient (Wildman–Crippen LogP) is 4.93. The van der Waals surface area contributed by atoms with Gasteiger partial charge in [-0.3, -0.25) is 13.9 Å².